The topological polar surface area (TPSA) is 242 Å². The van der Waals surface area contributed by atoms with Gasteiger partial charge in [-0.3, -0.25) is 14.0 Å². The number of phosphoric ester groups is 1. The maximum absolute atomic E-state index is 11.4. The lowest BCUT2D eigenvalue weighted by molar-refractivity contribution is 0.227. The van der Waals surface area contributed by atoms with Crippen molar-refractivity contribution in [3.63, 3.8) is 0 Å². The summed E-state index contributed by atoms with van der Waals surface area (Å²) in [6.45, 7) is 0. The highest BCUT2D eigenvalue weighted by Gasteiger charge is 2.36. The first kappa shape index (κ1) is 21.0. The monoisotopic (exact) mass is 430 g/mol. The van der Waals surface area contributed by atoms with Gasteiger partial charge in [0.2, 0.25) is 0 Å². The van der Waals surface area contributed by atoms with Gasteiger partial charge in [0.1, 0.15) is 4.90 Å². The molecule has 0 amide bonds. The van der Waals surface area contributed by atoms with E-state index in [0.717, 1.165) is 0 Å². The molecule has 1 unspecified atom stereocenters. The molecule has 0 radical (unpaired) electrons. The fourth-order valence-corrected chi connectivity index (χ4v) is 4.06. The highest BCUT2D eigenvalue weighted by atomic mass is 32.2. The number of benzene rings is 1. The Kier molecular flexibility index (Phi) is 5.55. The van der Waals surface area contributed by atoms with Gasteiger partial charge in [0.25, 0.3) is 20.2 Å². The second kappa shape index (κ2) is 6.34. The van der Waals surface area contributed by atoms with E-state index in [2.05, 4.69) is 8.83 Å². The van der Waals surface area contributed by atoms with Crippen LogP contribution in [0.2, 0.25) is 0 Å². The molecule has 1 rings (SSSR count). The molecule has 0 aliphatic carbocycles. The fourth-order valence-electron chi connectivity index (χ4n) is 1.25. The number of aromatic hydroxyl groups is 1. The van der Waals surface area contributed by atoms with Crippen LogP contribution in [0.25, 0.3) is 0 Å². The number of hydrogen-bond donors (Lipinski definition) is 6. The molecule has 1 aromatic carbocycles. The zero-order chi connectivity index (χ0) is 19.1. The van der Waals surface area contributed by atoms with Gasteiger partial charge in [-0.1, -0.05) is 0 Å². The minimum absolute atomic E-state index is 0.0823. The largest absolute Gasteiger partial charge is 0.536 e. The van der Waals surface area contributed by atoms with Crippen molar-refractivity contribution < 1.29 is 63.7 Å². The molecule has 24 heavy (non-hydrogen) atoms. The lowest BCUT2D eigenvalue weighted by atomic mass is 10.3. The van der Waals surface area contributed by atoms with Crippen molar-refractivity contribution in [3.05, 3.63) is 12.1 Å². The third-order valence-electron chi connectivity index (χ3n) is 2.01. The predicted molar refractivity (Wildman–Crippen MR) is 71.3 cm³/mol. The summed E-state index contributed by atoms with van der Waals surface area (Å²) >= 11 is 0. The van der Waals surface area contributed by atoms with Crippen LogP contribution in [0.4, 0.5) is 0 Å². The second-order valence-electron chi connectivity index (χ2n) is 3.85. The van der Waals surface area contributed by atoms with Crippen molar-refractivity contribution in [2.45, 2.75) is 9.79 Å². The molecule has 0 aliphatic rings. The van der Waals surface area contributed by atoms with Gasteiger partial charge in [0, 0.05) is 6.07 Å². The van der Waals surface area contributed by atoms with Crippen molar-refractivity contribution in [1.29, 1.82) is 0 Å². The van der Waals surface area contributed by atoms with Gasteiger partial charge in [-0.25, -0.2) is 9.13 Å². The lowest BCUT2D eigenvalue weighted by Crippen LogP contribution is -2.06. The van der Waals surface area contributed by atoms with Crippen molar-refractivity contribution in [1.82, 2.24) is 0 Å². The van der Waals surface area contributed by atoms with Crippen LogP contribution in [-0.4, -0.2) is 45.7 Å². The molecule has 1 aromatic rings. The minimum atomic E-state index is -5.68. The van der Waals surface area contributed by atoms with Crippen LogP contribution in [0.15, 0.2) is 21.9 Å². The molecule has 1 atom stereocenters. The van der Waals surface area contributed by atoms with E-state index in [1.807, 2.05) is 0 Å². The summed E-state index contributed by atoms with van der Waals surface area (Å²) in [5.74, 6) is -3.06. The Morgan fingerprint density at radius 1 is 0.917 bits per heavy atom. The zero-order valence-electron chi connectivity index (χ0n) is 10.8. The van der Waals surface area contributed by atoms with Crippen molar-refractivity contribution >= 4 is 35.9 Å². The Morgan fingerprint density at radius 3 is 1.79 bits per heavy atom. The fraction of sp³-hybridized carbons (Fsp3) is 0. The van der Waals surface area contributed by atoms with E-state index in [1.54, 1.807) is 0 Å². The average molecular weight is 430 g/mol. The molecule has 6 N–H and O–H groups in total. The predicted octanol–water partition coefficient (Wildman–Crippen LogP) is -0.526. The molecule has 0 aliphatic heterocycles. The molecule has 18 heteroatoms. The molecular formula is C6H8O14P2S2. The molecule has 0 aromatic heterocycles. The highest BCUT2D eigenvalue weighted by Crippen LogP contribution is 2.58. The van der Waals surface area contributed by atoms with E-state index in [0.29, 0.717) is 0 Å². The van der Waals surface area contributed by atoms with E-state index >= 15 is 0 Å². The van der Waals surface area contributed by atoms with Gasteiger partial charge in [-0.15, -0.1) is 0 Å². The molecular weight excluding hydrogens is 422 g/mol. The molecule has 0 spiro atoms. The molecule has 0 heterocycles. The standard InChI is InChI=1S/C6H8O14P2S2/c7-6-4(19-22(11,12)20-21(8,9)10)1-3(23(13,14)15)2-5(6)24(16,17)18/h1-2,7H,(H,11,12)(H2,8,9,10)(H,13,14,15)(H,16,17,18). The third-order valence-corrected chi connectivity index (χ3v) is 5.81. The average Bonchev–Trinajstić information content (AvgIpc) is 2.24. The Morgan fingerprint density at radius 2 is 1.42 bits per heavy atom. The molecule has 14 nitrogen and oxygen atoms in total. The summed E-state index contributed by atoms with van der Waals surface area (Å²) < 4.78 is 91.1. The van der Waals surface area contributed by atoms with Crippen molar-refractivity contribution in [2.75, 3.05) is 0 Å². The summed E-state index contributed by atoms with van der Waals surface area (Å²) in [4.78, 5) is 23.1. The Balaban J connectivity index is 3.59. The summed E-state index contributed by atoms with van der Waals surface area (Å²) in [6.07, 6.45) is 0. The number of phenols is 1. The molecule has 0 saturated heterocycles. The van der Waals surface area contributed by atoms with Gasteiger partial charge in [-0.2, -0.15) is 21.1 Å². The number of hydrogen-bond acceptors (Lipinski definition) is 9. The van der Waals surface area contributed by atoms with Gasteiger partial charge in [0.05, 0.1) is 4.90 Å². The zero-order valence-corrected chi connectivity index (χ0v) is 14.2. The summed E-state index contributed by atoms with van der Waals surface area (Å²) in [6, 6.07) is 0.213. The third kappa shape index (κ3) is 5.78. The van der Waals surface area contributed by atoms with Crippen LogP contribution in [0.3, 0.4) is 0 Å². The van der Waals surface area contributed by atoms with Crippen molar-refractivity contribution in [2.24, 2.45) is 0 Å². The lowest BCUT2D eigenvalue weighted by Gasteiger charge is -2.15. The van der Waals surface area contributed by atoms with Crippen molar-refractivity contribution in [3.8, 4) is 11.5 Å². The van der Waals surface area contributed by atoms with Crippen LogP contribution < -0.4 is 4.52 Å². The van der Waals surface area contributed by atoms with E-state index in [1.165, 1.54) is 0 Å². The van der Waals surface area contributed by atoms with E-state index in [4.69, 9.17) is 23.8 Å². The number of rotatable bonds is 6. The first-order valence-electron chi connectivity index (χ1n) is 5.04. The smallest absolute Gasteiger partial charge is 0.503 e. The van der Waals surface area contributed by atoms with E-state index in [-0.39, 0.29) is 12.1 Å². The second-order valence-corrected chi connectivity index (χ2v) is 9.42. The van der Waals surface area contributed by atoms with Crippen LogP contribution in [0, 0.1) is 0 Å². The first-order valence-corrected chi connectivity index (χ1v) is 10.9. The number of phenolic OH excluding ortho intramolecular Hbond substituents is 1. The first-order chi connectivity index (χ1) is 10.4. The summed E-state index contributed by atoms with van der Waals surface area (Å²) in [7, 11) is -21.7. The van der Waals surface area contributed by atoms with Crippen LogP contribution in [0.1, 0.15) is 0 Å². The van der Waals surface area contributed by atoms with Crippen LogP contribution >= 0.6 is 15.6 Å². The van der Waals surface area contributed by atoms with Gasteiger partial charge >= 0.3 is 15.6 Å². The van der Waals surface area contributed by atoms with Gasteiger partial charge in [-0.05, 0) is 6.07 Å². The number of phosphoric acid groups is 2. The maximum Gasteiger partial charge on any atom is 0.536 e. The SMILES string of the molecule is O=P(O)(O)OP(=O)(O)Oc1cc(S(=O)(=O)O)cc(S(=O)(=O)O)c1O. The molecule has 0 bridgehead atoms. The van der Waals surface area contributed by atoms with Crippen LogP contribution in [0.5, 0.6) is 11.5 Å². The molecule has 0 saturated carbocycles. The minimum Gasteiger partial charge on any atom is -0.503 e. The van der Waals surface area contributed by atoms with Crippen LogP contribution in [-0.2, 0) is 33.7 Å². The Bertz CT molecular complexity index is 955. The summed E-state index contributed by atoms with van der Waals surface area (Å²) in [5.41, 5.74) is 0. The Labute approximate surface area is 133 Å². The maximum atomic E-state index is 11.4. The summed E-state index contributed by atoms with van der Waals surface area (Å²) in [5, 5.41) is 9.55. The normalized spacial score (nSPS) is 15.7. The van der Waals surface area contributed by atoms with E-state index < -0.39 is 57.2 Å². The van der Waals surface area contributed by atoms with Gasteiger partial charge < -0.3 is 19.4 Å². The molecule has 138 valence electrons. The quantitative estimate of drug-likeness (QED) is 0.246. The van der Waals surface area contributed by atoms with Gasteiger partial charge in [0.15, 0.2) is 11.5 Å². The Hall–Kier alpha value is -1.06. The van der Waals surface area contributed by atoms with E-state index in [9.17, 15) is 31.1 Å². The molecule has 0 fully saturated rings. The highest BCUT2D eigenvalue weighted by molar-refractivity contribution is 7.86.